The first-order chi connectivity index (χ1) is 14.4. The van der Waals surface area contributed by atoms with Crippen molar-refractivity contribution >= 4 is 11.8 Å². The Kier molecular flexibility index (Phi) is 5.90. The molecule has 2 aromatic heterocycles. The van der Waals surface area contributed by atoms with Gasteiger partial charge in [-0.25, -0.2) is 0 Å². The Morgan fingerprint density at radius 1 is 1.07 bits per heavy atom. The van der Waals surface area contributed by atoms with Gasteiger partial charge in [0.05, 0.1) is 31.0 Å². The fraction of sp³-hybridized carbons (Fsp3) is 0.619. The molecule has 4 rings (SSSR count). The predicted octanol–water partition coefficient (Wildman–Crippen LogP) is 0.944. The Balaban J connectivity index is 1.42. The van der Waals surface area contributed by atoms with Crippen molar-refractivity contribution < 1.29 is 18.8 Å². The van der Waals surface area contributed by atoms with E-state index < -0.39 is 0 Å². The van der Waals surface area contributed by atoms with Gasteiger partial charge in [-0.05, 0) is 13.8 Å². The molecule has 0 atom stereocenters. The van der Waals surface area contributed by atoms with Crippen molar-refractivity contribution in [2.24, 2.45) is 7.05 Å². The van der Waals surface area contributed by atoms with E-state index in [-0.39, 0.29) is 11.8 Å². The Morgan fingerprint density at radius 3 is 2.53 bits per heavy atom. The van der Waals surface area contributed by atoms with Crippen molar-refractivity contribution in [3.05, 3.63) is 34.0 Å². The second kappa shape index (κ2) is 8.59. The lowest BCUT2D eigenvalue weighted by molar-refractivity contribution is -0.135. The summed E-state index contributed by atoms with van der Waals surface area (Å²) >= 11 is 0. The summed E-state index contributed by atoms with van der Waals surface area (Å²) in [6.07, 6.45) is 2.08. The van der Waals surface area contributed by atoms with Crippen molar-refractivity contribution in [2.45, 2.75) is 46.1 Å². The molecule has 0 bridgehead atoms. The molecule has 0 radical (unpaired) electrons. The van der Waals surface area contributed by atoms with Gasteiger partial charge in [-0.2, -0.15) is 5.10 Å². The van der Waals surface area contributed by atoms with Gasteiger partial charge in [0.1, 0.15) is 5.76 Å². The largest absolute Gasteiger partial charge is 0.378 e. The van der Waals surface area contributed by atoms with E-state index in [9.17, 15) is 9.59 Å². The number of amides is 2. The molecule has 0 N–H and O–H groups in total. The Morgan fingerprint density at radius 2 is 1.83 bits per heavy atom. The smallest absolute Gasteiger partial charge is 0.227 e. The third kappa shape index (κ3) is 4.12. The van der Waals surface area contributed by atoms with Crippen molar-refractivity contribution in [2.75, 3.05) is 32.8 Å². The highest BCUT2D eigenvalue weighted by Gasteiger charge is 2.28. The van der Waals surface area contributed by atoms with Crippen LogP contribution in [0.5, 0.6) is 0 Å². The van der Waals surface area contributed by atoms with Crippen LogP contribution in [0.1, 0.15) is 40.4 Å². The van der Waals surface area contributed by atoms with Crippen LogP contribution < -0.4 is 0 Å². The normalized spacial score (nSPS) is 16.6. The summed E-state index contributed by atoms with van der Waals surface area (Å²) in [4.78, 5) is 29.2. The van der Waals surface area contributed by atoms with Crippen molar-refractivity contribution in [1.82, 2.24) is 24.7 Å². The zero-order valence-corrected chi connectivity index (χ0v) is 17.9. The zero-order chi connectivity index (χ0) is 21.3. The Labute approximate surface area is 175 Å². The molecule has 0 unspecified atom stereocenters. The summed E-state index contributed by atoms with van der Waals surface area (Å²) in [6.45, 7) is 7.42. The highest BCUT2D eigenvalue weighted by molar-refractivity contribution is 5.79. The summed E-state index contributed by atoms with van der Waals surface area (Å²) in [6, 6.07) is 0. The lowest BCUT2D eigenvalue weighted by Gasteiger charge is -2.28. The Bertz CT molecular complexity index is 922. The molecule has 2 amide bonds. The van der Waals surface area contributed by atoms with E-state index in [1.807, 2.05) is 35.4 Å². The number of carbonyl (C=O) groups is 2. The fourth-order valence-corrected chi connectivity index (χ4v) is 4.30. The molecule has 4 heterocycles. The molecule has 0 saturated carbocycles. The van der Waals surface area contributed by atoms with Gasteiger partial charge in [0.25, 0.3) is 0 Å². The van der Waals surface area contributed by atoms with Crippen molar-refractivity contribution in [1.29, 1.82) is 0 Å². The maximum atomic E-state index is 12.9. The second-order valence-corrected chi connectivity index (χ2v) is 8.03. The number of hydrogen-bond donors (Lipinski definition) is 0. The van der Waals surface area contributed by atoms with Gasteiger partial charge in [-0.3, -0.25) is 14.3 Å². The van der Waals surface area contributed by atoms with Crippen LogP contribution in [0.2, 0.25) is 0 Å². The van der Waals surface area contributed by atoms with Gasteiger partial charge < -0.3 is 19.1 Å². The number of morpholine rings is 1. The number of hydrogen-bond acceptors (Lipinski definition) is 6. The molecular formula is C21H29N5O4. The van der Waals surface area contributed by atoms with Crippen LogP contribution >= 0.6 is 0 Å². The first-order valence-corrected chi connectivity index (χ1v) is 10.5. The van der Waals surface area contributed by atoms with Crippen molar-refractivity contribution in [3.8, 4) is 0 Å². The Hall–Kier alpha value is -2.68. The van der Waals surface area contributed by atoms with E-state index in [1.54, 1.807) is 0 Å². The maximum Gasteiger partial charge on any atom is 0.227 e. The predicted molar refractivity (Wildman–Crippen MR) is 108 cm³/mol. The third-order valence-electron chi connectivity index (χ3n) is 6.13. The van der Waals surface area contributed by atoms with Crippen molar-refractivity contribution in [3.63, 3.8) is 0 Å². The van der Waals surface area contributed by atoms with E-state index in [1.165, 1.54) is 0 Å². The molecule has 2 aromatic rings. The molecule has 162 valence electrons. The summed E-state index contributed by atoms with van der Waals surface area (Å²) in [5, 5.41) is 8.61. The highest BCUT2D eigenvalue weighted by Crippen LogP contribution is 2.24. The minimum atomic E-state index is 0.0641. The molecular weight excluding hydrogens is 386 g/mol. The van der Waals surface area contributed by atoms with Gasteiger partial charge in [-0.15, -0.1) is 0 Å². The lowest BCUT2D eigenvalue weighted by Crippen LogP contribution is -2.40. The molecule has 9 nitrogen and oxygen atoms in total. The van der Waals surface area contributed by atoms with Crippen LogP contribution in [-0.2, 0) is 47.2 Å². The van der Waals surface area contributed by atoms with Gasteiger partial charge in [0, 0.05) is 69.3 Å². The molecule has 0 aromatic carbocycles. The highest BCUT2D eigenvalue weighted by atomic mass is 16.5. The lowest BCUT2D eigenvalue weighted by atomic mass is 10.0. The molecule has 30 heavy (non-hydrogen) atoms. The van der Waals surface area contributed by atoms with E-state index >= 15 is 0 Å². The van der Waals surface area contributed by atoms with Gasteiger partial charge >= 0.3 is 0 Å². The minimum absolute atomic E-state index is 0.0641. The summed E-state index contributed by atoms with van der Waals surface area (Å²) in [5.74, 6) is 0.899. The first kappa shape index (κ1) is 20.6. The molecule has 1 fully saturated rings. The molecule has 2 aliphatic heterocycles. The number of rotatable bonds is 5. The number of aryl methyl sites for hydroxylation is 4. The zero-order valence-electron chi connectivity index (χ0n) is 17.9. The van der Waals surface area contributed by atoms with E-state index in [0.717, 1.165) is 34.6 Å². The summed E-state index contributed by atoms with van der Waals surface area (Å²) in [7, 11) is 1.94. The molecule has 0 spiro atoms. The monoisotopic (exact) mass is 415 g/mol. The fourth-order valence-electron chi connectivity index (χ4n) is 4.30. The molecule has 1 saturated heterocycles. The van der Waals surface area contributed by atoms with Crippen LogP contribution in [0.25, 0.3) is 0 Å². The second-order valence-electron chi connectivity index (χ2n) is 8.03. The molecule has 0 aliphatic carbocycles. The number of fused-ring (bicyclic) bond motifs is 1. The van der Waals surface area contributed by atoms with E-state index in [4.69, 9.17) is 9.26 Å². The average molecular weight is 415 g/mol. The maximum absolute atomic E-state index is 12.9. The summed E-state index contributed by atoms with van der Waals surface area (Å²) < 4.78 is 12.4. The number of nitrogens with zero attached hydrogens (tertiary/aromatic N) is 5. The molecule has 2 aliphatic rings. The first-order valence-electron chi connectivity index (χ1n) is 10.5. The van der Waals surface area contributed by atoms with Crippen LogP contribution in [0.3, 0.4) is 0 Å². The standard InChI is InChI=1S/C21H29N5O4/c1-14-16(15(2)30-23-14)12-21(28)26-7-6-19-17(13-26)18(22-24(19)3)4-5-20(27)25-8-10-29-11-9-25/h4-13H2,1-3H3. The van der Waals surface area contributed by atoms with Gasteiger partial charge in [-0.1, -0.05) is 5.16 Å². The van der Waals surface area contributed by atoms with Crippen LogP contribution in [0.4, 0.5) is 0 Å². The SMILES string of the molecule is Cc1noc(C)c1CC(=O)N1CCc2c(c(CCC(=O)N3CCOCC3)nn2C)C1. The third-order valence-corrected chi connectivity index (χ3v) is 6.13. The quantitative estimate of drug-likeness (QED) is 0.722. The van der Waals surface area contributed by atoms with E-state index in [2.05, 4.69) is 10.3 Å². The molecule has 9 heteroatoms. The van der Waals surface area contributed by atoms with Gasteiger partial charge in [0.15, 0.2) is 0 Å². The van der Waals surface area contributed by atoms with Crippen LogP contribution in [0, 0.1) is 13.8 Å². The number of carbonyl (C=O) groups excluding carboxylic acids is 2. The number of ether oxygens (including phenoxy) is 1. The van der Waals surface area contributed by atoms with E-state index in [0.29, 0.717) is 64.4 Å². The average Bonchev–Trinajstić information content (AvgIpc) is 3.25. The van der Waals surface area contributed by atoms with Crippen LogP contribution in [-0.4, -0.2) is 69.4 Å². The van der Waals surface area contributed by atoms with Gasteiger partial charge in [0.2, 0.25) is 11.8 Å². The topological polar surface area (TPSA) is 93.7 Å². The minimum Gasteiger partial charge on any atom is -0.378 e. The number of aromatic nitrogens is 3. The van der Waals surface area contributed by atoms with Crippen LogP contribution in [0.15, 0.2) is 4.52 Å². The summed E-state index contributed by atoms with van der Waals surface area (Å²) in [5.41, 5.74) is 4.80.